The number of aliphatic hydroxyl groups excluding tert-OH is 1. The summed E-state index contributed by atoms with van der Waals surface area (Å²) in [7, 11) is 0. The monoisotopic (exact) mass is 693 g/mol. The zero-order valence-corrected chi connectivity index (χ0v) is 28.6. The maximum absolute atomic E-state index is 15.2. The summed E-state index contributed by atoms with van der Waals surface area (Å²) in [4.78, 5) is 60.2. The van der Waals surface area contributed by atoms with Crippen molar-refractivity contribution in [2.45, 2.75) is 30.6 Å². The third-order valence-corrected chi connectivity index (χ3v) is 11.6. The predicted molar refractivity (Wildman–Crippen MR) is 194 cm³/mol. The number of imide groups is 1. The molecule has 6 unspecified atom stereocenters. The second kappa shape index (κ2) is 13.5. The number of phenolic OH excluding ortho intramolecular Hbond substituents is 1. The number of nitrogens with zero attached hydrogens (tertiary/aromatic N) is 1. The highest BCUT2D eigenvalue weighted by molar-refractivity contribution is 6.31. The van der Waals surface area contributed by atoms with Gasteiger partial charge in [-0.05, 0) is 66.1 Å². The molecule has 6 atom stereocenters. The number of ether oxygens (including phenoxy) is 1. The molecule has 8 heteroatoms. The molecule has 4 aliphatic rings. The fourth-order valence-electron chi connectivity index (χ4n) is 9.41. The van der Waals surface area contributed by atoms with Gasteiger partial charge in [-0.2, -0.15) is 0 Å². The summed E-state index contributed by atoms with van der Waals surface area (Å²) >= 11 is 0. The number of aromatic hydroxyl groups is 1. The van der Waals surface area contributed by atoms with E-state index in [0.717, 1.165) is 11.1 Å². The molecule has 0 radical (unpaired) electrons. The molecule has 2 N–H and O–H groups in total. The zero-order chi connectivity index (χ0) is 36.0. The second-order valence-electron chi connectivity index (χ2n) is 14.1. The summed E-state index contributed by atoms with van der Waals surface area (Å²) in [6.07, 6.45) is 4.54. The van der Waals surface area contributed by atoms with E-state index in [4.69, 9.17) is 4.74 Å². The molecule has 1 heterocycles. The van der Waals surface area contributed by atoms with E-state index in [2.05, 4.69) is 0 Å². The van der Waals surface area contributed by atoms with Crippen molar-refractivity contribution in [1.29, 1.82) is 0 Å². The minimum atomic E-state index is -1.37. The van der Waals surface area contributed by atoms with E-state index in [-0.39, 0.29) is 55.3 Å². The third-order valence-electron chi connectivity index (χ3n) is 11.6. The van der Waals surface area contributed by atoms with E-state index in [0.29, 0.717) is 40.9 Å². The first-order chi connectivity index (χ1) is 25.3. The zero-order valence-electron chi connectivity index (χ0n) is 28.6. The summed E-state index contributed by atoms with van der Waals surface area (Å²) in [5.41, 5.74) is 2.78. The first-order valence-corrected chi connectivity index (χ1v) is 17.9. The number of para-hydroxylation sites is 1. The smallest absolute Gasteiger partial charge is 0.233 e. The SMILES string of the molecule is O=C1C(c2ccccc2)=CC(=O)C2(c3ccccc3)C1CC1C(=CCC3C(=O)N(CCc4ccc(O)cc4)C(=O)C31)C2c1ccccc1OCCO. The molecule has 2 fully saturated rings. The van der Waals surface area contributed by atoms with Crippen molar-refractivity contribution in [3.05, 3.63) is 149 Å². The van der Waals surface area contributed by atoms with Gasteiger partial charge in [-0.15, -0.1) is 0 Å². The van der Waals surface area contributed by atoms with Gasteiger partial charge in [-0.25, -0.2) is 0 Å². The van der Waals surface area contributed by atoms with Crippen molar-refractivity contribution in [3.8, 4) is 11.5 Å². The number of Topliss-reactive ketones (excluding diaryl/α,β-unsaturated/α-hetero) is 1. The number of benzene rings is 4. The topological polar surface area (TPSA) is 121 Å². The summed E-state index contributed by atoms with van der Waals surface area (Å²) in [5, 5.41) is 19.5. The maximum atomic E-state index is 15.2. The number of amides is 2. The third kappa shape index (κ3) is 5.32. The first-order valence-electron chi connectivity index (χ1n) is 17.9. The molecule has 4 aromatic rings. The predicted octanol–water partition coefficient (Wildman–Crippen LogP) is 5.83. The standard InChI is InChI=1S/C44H39NO7/c46-23-24-52-37-14-8-7-13-32(37)40-31-19-20-33-39(43(51)45(42(33)50)22-21-27-15-17-30(47)18-16-27)35(31)25-36-41(49)34(28-9-3-1-4-10-28)26-38(48)44(36,40)29-11-5-2-6-12-29/h1-19,26,33,35-36,39-40,46-47H,20-25H2. The van der Waals surface area contributed by atoms with E-state index in [1.807, 2.05) is 91.0 Å². The molecule has 0 aromatic heterocycles. The number of hydrogen-bond acceptors (Lipinski definition) is 7. The Hall–Kier alpha value is -5.60. The van der Waals surface area contributed by atoms with Gasteiger partial charge >= 0.3 is 0 Å². The Morgan fingerprint density at radius 3 is 2.21 bits per heavy atom. The number of hydrogen-bond donors (Lipinski definition) is 2. The van der Waals surface area contributed by atoms with Crippen LogP contribution in [0.1, 0.15) is 41.0 Å². The molecule has 8 rings (SSSR count). The first kappa shape index (κ1) is 33.5. The van der Waals surface area contributed by atoms with Gasteiger partial charge in [0.15, 0.2) is 11.6 Å². The van der Waals surface area contributed by atoms with Gasteiger partial charge in [0.2, 0.25) is 11.8 Å². The van der Waals surface area contributed by atoms with E-state index >= 15 is 9.59 Å². The number of aliphatic hydroxyl groups is 1. The lowest BCUT2D eigenvalue weighted by Gasteiger charge is -2.55. The van der Waals surface area contributed by atoms with Crippen molar-refractivity contribution < 1.29 is 34.1 Å². The number of carbonyl (C=O) groups is 4. The molecule has 0 bridgehead atoms. The molecule has 3 aliphatic carbocycles. The lowest BCUT2D eigenvalue weighted by molar-refractivity contribution is -0.140. The minimum absolute atomic E-state index is 0.0343. The number of phenols is 1. The van der Waals surface area contributed by atoms with Gasteiger partial charge in [0, 0.05) is 29.5 Å². The van der Waals surface area contributed by atoms with Gasteiger partial charge in [-0.1, -0.05) is 103 Å². The number of allylic oxidation sites excluding steroid dienone is 4. The van der Waals surface area contributed by atoms with Crippen molar-refractivity contribution in [1.82, 2.24) is 4.90 Å². The second-order valence-corrected chi connectivity index (χ2v) is 14.1. The summed E-state index contributed by atoms with van der Waals surface area (Å²) in [5.74, 6) is -3.53. The van der Waals surface area contributed by atoms with E-state index in [1.54, 1.807) is 24.3 Å². The Bertz CT molecular complexity index is 2110. The summed E-state index contributed by atoms with van der Waals surface area (Å²) in [6, 6.07) is 32.8. The van der Waals surface area contributed by atoms with Gasteiger partial charge in [-0.3, -0.25) is 24.1 Å². The van der Waals surface area contributed by atoms with Gasteiger partial charge in [0.1, 0.15) is 18.1 Å². The van der Waals surface area contributed by atoms with Crippen molar-refractivity contribution in [2.24, 2.45) is 23.7 Å². The lowest BCUT2D eigenvalue weighted by Crippen LogP contribution is -2.58. The highest BCUT2D eigenvalue weighted by Gasteiger charge is 2.66. The van der Waals surface area contributed by atoms with E-state index in [9.17, 15) is 19.8 Å². The fraction of sp³-hybridized carbons (Fsp3) is 0.273. The van der Waals surface area contributed by atoms with Crippen LogP contribution in [-0.4, -0.2) is 58.3 Å². The summed E-state index contributed by atoms with van der Waals surface area (Å²) in [6.45, 7) is 0.0265. The molecule has 1 saturated heterocycles. The Morgan fingerprint density at radius 2 is 1.48 bits per heavy atom. The maximum Gasteiger partial charge on any atom is 0.233 e. The molecule has 4 aromatic carbocycles. The molecule has 1 aliphatic heterocycles. The van der Waals surface area contributed by atoms with Gasteiger partial charge in [0.25, 0.3) is 0 Å². The van der Waals surface area contributed by atoms with Crippen molar-refractivity contribution in [2.75, 3.05) is 19.8 Å². The molecule has 0 spiro atoms. The van der Waals surface area contributed by atoms with Crippen LogP contribution < -0.4 is 4.74 Å². The molecule has 52 heavy (non-hydrogen) atoms. The highest BCUT2D eigenvalue weighted by atomic mass is 16.5. The Labute approximate surface area is 302 Å². The van der Waals surface area contributed by atoms with Crippen molar-refractivity contribution in [3.63, 3.8) is 0 Å². The average molecular weight is 694 g/mol. The Balaban J connectivity index is 1.29. The van der Waals surface area contributed by atoms with Crippen LogP contribution in [0.5, 0.6) is 11.5 Å². The number of ketones is 2. The Kier molecular flexibility index (Phi) is 8.71. The lowest BCUT2D eigenvalue weighted by atomic mass is 9.44. The number of fused-ring (bicyclic) bond motifs is 4. The van der Waals surface area contributed by atoms with Crippen LogP contribution in [-0.2, 0) is 31.0 Å². The fourth-order valence-corrected chi connectivity index (χ4v) is 9.41. The van der Waals surface area contributed by atoms with E-state index in [1.165, 1.54) is 11.0 Å². The molecule has 262 valence electrons. The number of likely N-dealkylation sites (tertiary alicyclic amines) is 1. The highest BCUT2D eigenvalue weighted by Crippen LogP contribution is 2.64. The van der Waals surface area contributed by atoms with Gasteiger partial charge in [0.05, 0.1) is 23.9 Å². The minimum Gasteiger partial charge on any atom is -0.508 e. The van der Waals surface area contributed by atoms with Crippen LogP contribution in [0.3, 0.4) is 0 Å². The van der Waals surface area contributed by atoms with E-state index < -0.39 is 35.0 Å². The average Bonchev–Trinajstić information content (AvgIpc) is 3.43. The van der Waals surface area contributed by atoms with Crippen LogP contribution in [0.25, 0.3) is 5.57 Å². The molecular weight excluding hydrogens is 654 g/mol. The molecule has 2 amide bonds. The van der Waals surface area contributed by atoms with Crippen LogP contribution in [0.2, 0.25) is 0 Å². The largest absolute Gasteiger partial charge is 0.508 e. The normalized spacial score (nSPS) is 26.6. The van der Waals surface area contributed by atoms with Crippen molar-refractivity contribution >= 4 is 29.0 Å². The molecule has 1 saturated carbocycles. The number of rotatable bonds is 9. The van der Waals surface area contributed by atoms with Crippen LogP contribution >= 0.6 is 0 Å². The van der Waals surface area contributed by atoms with Crippen LogP contribution in [0.15, 0.2) is 127 Å². The van der Waals surface area contributed by atoms with Crippen LogP contribution in [0.4, 0.5) is 0 Å². The summed E-state index contributed by atoms with van der Waals surface area (Å²) < 4.78 is 6.12. The number of carbonyl (C=O) groups excluding carboxylic acids is 4. The Morgan fingerprint density at radius 1 is 0.788 bits per heavy atom. The molecular formula is C44H39NO7. The van der Waals surface area contributed by atoms with Gasteiger partial charge < -0.3 is 14.9 Å². The quantitative estimate of drug-likeness (QED) is 0.167. The molecule has 8 nitrogen and oxygen atoms in total. The van der Waals surface area contributed by atoms with Crippen LogP contribution in [0, 0.1) is 23.7 Å².